The van der Waals surface area contributed by atoms with Crippen LogP contribution in [-0.2, 0) is 17.8 Å². The molecule has 5 nitrogen and oxygen atoms in total. The summed E-state index contributed by atoms with van der Waals surface area (Å²) in [5.74, 6) is 0.226. The van der Waals surface area contributed by atoms with Gasteiger partial charge in [0.1, 0.15) is 5.75 Å². The summed E-state index contributed by atoms with van der Waals surface area (Å²) in [5, 5.41) is 17.7. The molecule has 2 N–H and O–H groups in total. The first-order chi connectivity index (χ1) is 9.19. The minimum absolute atomic E-state index is 0.226. The molecule has 0 atom stereocenters. The second-order valence-corrected chi connectivity index (χ2v) is 4.55. The molecule has 0 saturated carbocycles. The maximum absolute atomic E-state index is 9.70. The van der Waals surface area contributed by atoms with Gasteiger partial charge in [-0.05, 0) is 18.2 Å². The quantitative estimate of drug-likeness (QED) is 0.854. The van der Waals surface area contributed by atoms with Gasteiger partial charge < -0.3 is 15.2 Å². The Bertz CT molecular complexity index is 542. The summed E-state index contributed by atoms with van der Waals surface area (Å²) >= 11 is 5.89. The average molecular weight is 282 g/mol. The van der Waals surface area contributed by atoms with Crippen molar-refractivity contribution in [3.63, 3.8) is 0 Å². The fourth-order valence-electron chi connectivity index (χ4n) is 1.65. The fourth-order valence-corrected chi connectivity index (χ4v) is 1.85. The van der Waals surface area contributed by atoms with Gasteiger partial charge in [0, 0.05) is 30.4 Å². The first kappa shape index (κ1) is 13.7. The van der Waals surface area contributed by atoms with Crippen molar-refractivity contribution in [2.24, 2.45) is 0 Å². The third-order valence-corrected chi connectivity index (χ3v) is 2.92. The molecule has 1 aromatic carbocycles. The van der Waals surface area contributed by atoms with Crippen LogP contribution in [0.3, 0.4) is 0 Å². The normalized spacial score (nSPS) is 10.6. The van der Waals surface area contributed by atoms with Gasteiger partial charge in [0.05, 0.1) is 25.0 Å². The van der Waals surface area contributed by atoms with Crippen molar-refractivity contribution >= 4 is 17.3 Å². The molecule has 0 radical (unpaired) electrons. The lowest BCUT2D eigenvalue weighted by atomic mass is 10.2. The van der Waals surface area contributed by atoms with E-state index in [4.69, 9.17) is 16.3 Å². The minimum atomic E-state index is 0.226. The third kappa shape index (κ3) is 3.87. The SMILES string of the molecule is COCCn1cc(NCc2cc(Cl)ccc2O)cn1. The summed E-state index contributed by atoms with van der Waals surface area (Å²) in [6, 6.07) is 4.98. The van der Waals surface area contributed by atoms with Crippen LogP contribution in [0.15, 0.2) is 30.6 Å². The zero-order valence-electron chi connectivity index (χ0n) is 10.6. The van der Waals surface area contributed by atoms with Crippen LogP contribution in [0.25, 0.3) is 0 Å². The maximum atomic E-state index is 9.70. The zero-order chi connectivity index (χ0) is 13.7. The topological polar surface area (TPSA) is 59.3 Å². The molecular formula is C13H16ClN3O2. The molecule has 0 unspecified atom stereocenters. The molecule has 6 heteroatoms. The summed E-state index contributed by atoms with van der Waals surface area (Å²) in [5.41, 5.74) is 1.63. The summed E-state index contributed by atoms with van der Waals surface area (Å²) < 4.78 is 6.78. The summed E-state index contributed by atoms with van der Waals surface area (Å²) in [6.07, 6.45) is 3.62. The van der Waals surface area contributed by atoms with Crippen LogP contribution in [0.1, 0.15) is 5.56 Å². The van der Waals surface area contributed by atoms with E-state index in [-0.39, 0.29) is 5.75 Å². The van der Waals surface area contributed by atoms with E-state index in [9.17, 15) is 5.11 Å². The Hall–Kier alpha value is -1.72. The van der Waals surface area contributed by atoms with E-state index in [0.717, 1.165) is 11.3 Å². The first-order valence-corrected chi connectivity index (χ1v) is 6.29. The number of nitrogens with one attached hydrogen (secondary N) is 1. The van der Waals surface area contributed by atoms with Gasteiger partial charge in [0.2, 0.25) is 0 Å². The van der Waals surface area contributed by atoms with Crippen molar-refractivity contribution in [3.8, 4) is 5.75 Å². The lowest BCUT2D eigenvalue weighted by molar-refractivity contribution is 0.183. The monoisotopic (exact) mass is 281 g/mol. The number of aromatic hydroxyl groups is 1. The van der Waals surface area contributed by atoms with E-state index in [0.29, 0.717) is 24.7 Å². The molecule has 19 heavy (non-hydrogen) atoms. The number of hydrogen-bond donors (Lipinski definition) is 2. The van der Waals surface area contributed by atoms with Crippen LogP contribution in [-0.4, -0.2) is 28.6 Å². The lowest BCUT2D eigenvalue weighted by Crippen LogP contribution is -2.04. The molecule has 2 rings (SSSR count). The van der Waals surface area contributed by atoms with Gasteiger partial charge in [-0.2, -0.15) is 5.10 Å². The molecule has 1 heterocycles. The fraction of sp³-hybridized carbons (Fsp3) is 0.308. The molecule has 0 aliphatic heterocycles. The summed E-state index contributed by atoms with van der Waals surface area (Å²) in [7, 11) is 1.66. The molecule has 0 aliphatic carbocycles. The number of hydrogen-bond acceptors (Lipinski definition) is 4. The van der Waals surface area contributed by atoms with E-state index in [1.807, 2.05) is 6.20 Å². The van der Waals surface area contributed by atoms with E-state index >= 15 is 0 Å². The highest BCUT2D eigenvalue weighted by Gasteiger charge is 2.03. The highest BCUT2D eigenvalue weighted by molar-refractivity contribution is 6.30. The smallest absolute Gasteiger partial charge is 0.120 e. The Morgan fingerprint density at radius 2 is 2.32 bits per heavy atom. The van der Waals surface area contributed by atoms with Gasteiger partial charge in [-0.1, -0.05) is 11.6 Å². The zero-order valence-corrected chi connectivity index (χ0v) is 11.4. The summed E-state index contributed by atoms with van der Waals surface area (Å²) in [6.45, 7) is 1.82. The predicted molar refractivity (Wildman–Crippen MR) is 74.5 cm³/mol. The molecule has 0 saturated heterocycles. The van der Waals surface area contributed by atoms with Crippen molar-refractivity contribution in [2.75, 3.05) is 19.0 Å². The Morgan fingerprint density at radius 1 is 1.47 bits per heavy atom. The van der Waals surface area contributed by atoms with Crippen LogP contribution in [0.2, 0.25) is 5.02 Å². The number of nitrogens with zero attached hydrogens (tertiary/aromatic N) is 2. The van der Waals surface area contributed by atoms with Crippen molar-refractivity contribution in [2.45, 2.75) is 13.1 Å². The number of phenols is 1. The van der Waals surface area contributed by atoms with E-state index < -0.39 is 0 Å². The van der Waals surface area contributed by atoms with Crippen molar-refractivity contribution in [1.82, 2.24) is 9.78 Å². The first-order valence-electron chi connectivity index (χ1n) is 5.91. The molecule has 2 aromatic rings. The molecule has 0 spiro atoms. The highest BCUT2D eigenvalue weighted by atomic mass is 35.5. The predicted octanol–water partition coefficient (Wildman–Crippen LogP) is 2.50. The molecular weight excluding hydrogens is 266 g/mol. The number of ether oxygens (including phenoxy) is 1. The van der Waals surface area contributed by atoms with Gasteiger partial charge >= 0.3 is 0 Å². The highest BCUT2D eigenvalue weighted by Crippen LogP contribution is 2.22. The van der Waals surface area contributed by atoms with Crippen molar-refractivity contribution in [3.05, 3.63) is 41.2 Å². The standard InChI is InChI=1S/C13H16ClN3O2/c1-19-5-4-17-9-12(8-16-17)15-7-10-6-11(14)2-3-13(10)18/h2-3,6,8-9,15,18H,4-5,7H2,1H3. The average Bonchev–Trinajstić information content (AvgIpc) is 2.85. The minimum Gasteiger partial charge on any atom is -0.508 e. The maximum Gasteiger partial charge on any atom is 0.120 e. The van der Waals surface area contributed by atoms with Crippen molar-refractivity contribution in [1.29, 1.82) is 0 Å². The van der Waals surface area contributed by atoms with Gasteiger partial charge in [-0.3, -0.25) is 4.68 Å². The molecule has 1 aromatic heterocycles. The van der Waals surface area contributed by atoms with E-state index in [1.165, 1.54) is 0 Å². The lowest BCUT2D eigenvalue weighted by Gasteiger charge is -2.06. The number of phenolic OH excluding ortho intramolecular Hbond substituents is 1. The van der Waals surface area contributed by atoms with Crippen LogP contribution in [0.4, 0.5) is 5.69 Å². The number of aromatic nitrogens is 2. The van der Waals surface area contributed by atoms with Crippen molar-refractivity contribution < 1.29 is 9.84 Å². The van der Waals surface area contributed by atoms with E-state index in [2.05, 4.69) is 10.4 Å². The van der Waals surface area contributed by atoms with E-state index in [1.54, 1.807) is 36.2 Å². The second-order valence-electron chi connectivity index (χ2n) is 4.11. The molecule has 0 aliphatic rings. The third-order valence-electron chi connectivity index (χ3n) is 2.68. The van der Waals surface area contributed by atoms with Gasteiger partial charge in [0.15, 0.2) is 0 Å². The van der Waals surface area contributed by atoms with Crippen LogP contribution < -0.4 is 5.32 Å². The van der Waals surface area contributed by atoms with Crippen LogP contribution in [0, 0.1) is 0 Å². The molecule has 0 amide bonds. The number of rotatable bonds is 6. The van der Waals surface area contributed by atoms with Crippen LogP contribution in [0.5, 0.6) is 5.75 Å². The molecule has 0 bridgehead atoms. The van der Waals surface area contributed by atoms with Gasteiger partial charge in [-0.15, -0.1) is 0 Å². The second kappa shape index (κ2) is 6.45. The van der Waals surface area contributed by atoms with Crippen LogP contribution >= 0.6 is 11.6 Å². The molecule has 0 fully saturated rings. The number of anilines is 1. The Labute approximate surface area is 116 Å². The largest absolute Gasteiger partial charge is 0.508 e. The Balaban J connectivity index is 1.94. The van der Waals surface area contributed by atoms with Gasteiger partial charge in [-0.25, -0.2) is 0 Å². The Kier molecular flexibility index (Phi) is 4.65. The number of benzene rings is 1. The Morgan fingerprint density at radius 3 is 3.11 bits per heavy atom. The number of methoxy groups -OCH3 is 1. The number of halogens is 1. The summed E-state index contributed by atoms with van der Waals surface area (Å²) in [4.78, 5) is 0. The van der Waals surface area contributed by atoms with Gasteiger partial charge in [0.25, 0.3) is 0 Å². The molecule has 102 valence electrons.